The van der Waals surface area contributed by atoms with Crippen molar-refractivity contribution in [1.82, 2.24) is 0 Å². The van der Waals surface area contributed by atoms with Gasteiger partial charge in [-0.2, -0.15) is 0 Å². The van der Waals surface area contributed by atoms with Crippen LogP contribution < -0.4 is 10.6 Å². The van der Waals surface area contributed by atoms with Crippen LogP contribution >= 0.6 is 11.6 Å². The molecule has 0 unspecified atom stereocenters. The van der Waals surface area contributed by atoms with Gasteiger partial charge in [-0.25, -0.2) is 0 Å². The van der Waals surface area contributed by atoms with Crippen LogP contribution in [0.4, 0.5) is 11.4 Å². The number of halogens is 1. The van der Waals surface area contributed by atoms with Crippen LogP contribution in [-0.4, -0.2) is 12.5 Å². The minimum atomic E-state index is -0.0548. The van der Waals surface area contributed by atoms with Crippen molar-refractivity contribution in [2.75, 3.05) is 17.2 Å². The summed E-state index contributed by atoms with van der Waals surface area (Å²) in [6, 6.07) is 15.5. The quantitative estimate of drug-likeness (QED) is 0.833. The normalized spacial score (nSPS) is 10.2. The predicted molar refractivity (Wildman–Crippen MR) is 89.0 cm³/mol. The number of carbonyl (C=O) groups is 1. The largest absolute Gasteiger partial charge is 0.385 e. The van der Waals surface area contributed by atoms with Gasteiger partial charge in [-0.1, -0.05) is 42.8 Å². The molecule has 0 aliphatic carbocycles. The zero-order chi connectivity index (χ0) is 15.1. The van der Waals surface area contributed by atoms with Gasteiger partial charge in [0, 0.05) is 18.7 Å². The molecule has 0 atom stereocenters. The van der Waals surface area contributed by atoms with E-state index in [1.54, 1.807) is 12.1 Å². The first-order chi connectivity index (χ1) is 10.2. The standard InChI is InChI=1S/C17H19ClN2O/c1-2-13-7-9-14(10-8-13)19-12-11-17(21)20-16-6-4-3-5-15(16)18/h3-10,19H,2,11-12H2,1H3,(H,20,21). The fraction of sp³-hybridized carbons (Fsp3) is 0.235. The number of hydrogen-bond donors (Lipinski definition) is 2. The van der Waals surface area contributed by atoms with Gasteiger partial charge < -0.3 is 10.6 Å². The molecular weight excluding hydrogens is 284 g/mol. The van der Waals surface area contributed by atoms with Crippen LogP contribution in [0.5, 0.6) is 0 Å². The van der Waals surface area contributed by atoms with Crippen molar-refractivity contribution in [2.45, 2.75) is 19.8 Å². The molecule has 0 saturated heterocycles. The molecule has 3 nitrogen and oxygen atoms in total. The van der Waals surface area contributed by atoms with Gasteiger partial charge in [0.1, 0.15) is 0 Å². The summed E-state index contributed by atoms with van der Waals surface area (Å²) in [6.45, 7) is 2.71. The molecule has 21 heavy (non-hydrogen) atoms. The van der Waals surface area contributed by atoms with E-state index in [2.05, 4.69) is 29.7 Å². The third kappa shape index (κ3) is 4.80. The maximum absolute atomic E-state index is 11.8. The van der Waals surface area contributed by atoms with E-state index < -0.39 is 0 Å². The number of anilines is 2. The van der Waals surface area contributed by atoms with Gasteiger partial charge in [-0.05, 0) is 36.2 Å². The van der Waals surface area contributed by atoms with Crippen molar-refractivity contribution in [2.24, 2.45) is 0 Å². The first-order valence-electron chi connectivity index (χ1n) is 7.06. The van der Waals surface area contributed by atoms with Crippen molar-refractivity contribution in [1.29, 1.82) is 0 Å². The Morgan fingerprint density at radius 3 is 2.48 bits per heavy atom. The fourth-order valence-corrected chi connectivity index (χ4v) is 2.14. The molecule has 0 bridgehead atoms. The Labute approximate surface area is 130 Å². The lowest BCUT2D eigenvalue weighted by Crippen LogP contribution is -2.16. The SMILES string of the molecule is CCc1ccc(NCCC(=O)Nc2ccccc2Cl)cc1. The van der Waals surface area contributed by atoms with E-state index >= 15 is 0 Å². The monoisotopic (exact) mass is 302 g/mol. The minimum absolute atomic E-state index is 0.0548. The number of nitrogens with one attached hydrogen (secondary N) is 2. The highest BCUT2D eigenvalue weighted by molar-refractivity contribution is 6.33. The smallest absolute Gasteiger partial charge is 0.226 e. The highest BCUT2D eigenvalue weighted by Gasteiger charge is 2.04. The second-order valence-corrected chi connectivity index (χ2v) is 5.16. The summed E-state index contributed by atoms with van der Waals surface area (Å²) >= 11 is 6.00. The maximum atomic E-state index is 11.8. The Balaban J connectivity index is 1.77. The van der Waals surface area contributed by atoms with Crippen LogP contribution in [0.2, 0.25) is 5.02 Å². The molecule has 0 heterocycles. The zero-order valence-electron chi connectivity index (χ0n) is 12.0. The van der Waals surface area contributed by atoms with E-state index in [4.69, 9.17) is 11.6 Å². The van der Waals surface area contributed by atoms with Crippen LogP contribution in [0.25, 0.3) is 0 Å². The molecule has 2 N–H and O–H groups in total. The van der Waals surface area contributed by atoms with Gasteiger partial charge in [0.2, 0.25) is 5.91 Å². The van der Waals surface area contributed by atoms with Crippen molar-refractivity contribution in [3.05, 3.63) is 59.1 Å². The molecule has 0 aromatic heterocycles. The van der Waals surface area contributed by atoms with Crippen LogP contribution in [0.1, 0.15) is 18.9 Å². The highest BCUT2D eigenvalue weighted by atomic mass is 35.5. The summed E-state index contributed by atoms with van der Waals surface area (Å²) in [5.41, 5.74) is 2.98. The molecule has 1 amide bonds. The molecule has 0 fully saturated rings. The Morgan fingerprint density at radius 2 is 1.81 bits per heavy atom. The topological polar surface area (TPSA) is 41.1 Å². The summed E-state index contributed by atoms with van der Waals surface area (Å²) < 4.78 is 0. The number of hydrogen-bond acceptors (Lipinski definition) is 2. The Bertz CT molecular complexity index is 596. The van der Waals surface area contributed by atoms with E-state index in [0.29, 0.717) is 23.7 Å². The summed E-state index contributed by atoms with van der Waals surface area (Å²) in [6.07, 6.45) is 1.42. The predicted octanol–water partition coefficient (Wildman–Crippen LogP) is 4.34. The van der Waals surface area contributed by atoms with Crippen molar-refractivity contribution in [3.8, 4) is 0 Å². The summed E-state index contributed by atoms with van der Waals surface area (Å²) in [7, 11) is 0. The Kier molecular flexibility index (Phi) is 5.64. The molecule has 2 aromatic rings. The molecule has 4 heteroatoms. The van der Waals surface area contributed by atoms with Crippen LogP contribution in [0.3, 0.4) is 0 Å². The number of rotatable bonds is 6. The third-order valence-corrected chi connectivity index (χ3v) is 3.52. The molecule has 2 rings (SSSR count). The van der Waals surface area contributed by atoms with Crippen LogP contribution in [0.15, 0.2) is 48.5 Å². The lowest BCUT2D eigenvalue weighted by Gasteiger charge is -2.09. The number of benzene rings is 2. The lowest BCUT2D eigenvalue weighted by molar-refractivity contribution is -0.115. The second kappa shape index (κ2) is 7.70. The van der Waals surface area contributed by atoms with Gasteiger partial charge in [0.25, 0.3) is 0 Å². The molecule has 0 saturated carbocycles. The van der Waals surface area contributed by atoms with E-state index in [0.717, 1.165) is 12.1 Å². The van der Waals surface area contributed by atoms with Gasteiger partial charge in [0.15, 0.2) is 0 Å². The van der Waals surface area contributed by atoms with Gasteiger partial charge in [-0.15, -0.1) is 0 Å². The molecule has 0 aliphatic rings. The summed E-state index contributed by atoms with van der Waals surface area (Å²) in [5.74, 6) is -0.0548. The van der Waals surface area contributed by atoms with E-state index in [9.17, 15) is 4.79 Å². The summed E-state index contributed by atoms with van der Waals surface area (Å²) in [4.78, 5) is 11.8. The number of para-hydroxylation sites is 1. The minimum Gasteiger partial charge on any atom is -0.385 e. The van der Waals surface area contributed by atoms with Crippen molar-refractivity contribution in [3.63, 3.8) is 0 Å². The molecule has 0 aliphatic heterocycles. The molecule has 0 radical (unpaired) electrons. The first kappa shape index (κ1) is 15.4. The first-order valence-corrected chi connectivity index (χ1v) is 7.44. The van der Waals surface area contributed by atoms with Gasteiger partial charge in [0.05, 0.1) is 10.7 Å². The number of carbonyl (C=O) groups excluding carboxylic acids is 1. The maximum Gasteiger partial charge on any atom is 0.226 e. The Morgan fingerprint density at radius 1 is 1.10 bits per heavy atom. The Hall–Kier alpha value is -2.00. The van der Waals surface area contributed by atoms with E-state index in [1.807, 2.05) is 24.3 Å². The highest BCUT2D eigenvalue weighted by Crippen LogP contribution is 2.20. The molecule has 110 valence electrons. The van der Waals surface area contributed by atoms with E-state index in [-0.39, 0.29) is 5.91 Å². The second-order valence-electron chi connectivity index (χ2n) is 4.76. The van der Waals surface area contributed by atoms with Gasteiger partial charge in [-0.3, -0.25) is 4.79 Å². The molecule has 2 aromatic carbocycles. The third-order valence-electron chi connectivity index (χ3n) is 3.19. The summed E-state index contributed by atoms with van der Waals surface area (Å²) in [5, 5.41) is 6.59. The fourth-order valence-electron chi connectivity index (χ4n) is 1.95. The van der Waals surface area contributed by atoms with Crippen LogP contribution in [0, 0.1) is 0 Å². The van der Waals surface area contributed by atoms with E-state index in [1.165, 1.54) is 5.56 Å². The average Bonchev–Trinajstić information content (AvgIpc) is 2.50. The molecular formula is C17H19ClN2O. The number of aryl methyl sites for hydroxylation is 1. The van der Waals surface area contributed by atoms with Crippen molar-refractivity contribution >= 4 is 28.9 Å². The lowest BCUT2D eigenvalue weighted by atomic mass is 10.1. The van der Waals surface area contributed by atoms with Crippen LogP contribution in [-0.2, 0) is 11.2 Å². The van der Waals surface area contributed by atoms with Gasteiger partial charge >= 0.3 is 0 Å². The number of amides is 1. The van der Waals surface area contributed by atoms with Crippen molar-refractivity contribution < 1.29 is 4.79 Å². The molecule has 0 spiro atoms. The average molecular weight is 303 g/mol. The zero-order valence-corrected chi connectivity index (χ0v) is 12.8.